The lowest BCUT2D eigenvalue weighted by atomic mass is 10.2. The number of methoxy groups -OCH3 is 2. The molecule has 1 aliphatic rings. The van der Waals surface area contributed by atoms with E-state index in [0.717, 1.165) is 32.1 Å². The number of nitrogens with zero attached hydrogens (tertiary/aromatic N) is 4. The number of carbonyl (C=O) groups excluding carboxylic acids is 1. The molecule has 1 saturated heterocycles. The second-order valence-electron chi connectivity index (χ2n) is 6.24. The second-order valence-corrected chi connectivity index (χ2v) is 6.24. The number of aromatic nitrogens is 2. The van der Waals surface area contributed by atoms with Gasteiger partial charge in [-0.25, -0.2) is 9.97 Å². The summed E-state index contributed by atoms with van der Waals surface area (Å²) >= 11 is 0. The molecule has 0 spiro atoms. The molecule has 27 heavy (non-hydrogen) atoms. The summed E-state index contributed by atoms with van der Waals surface area (Å²) in [6.45, 7) is 4.19. The molecule has 0 bridgehead atoms. The van der Waals surface area contributed by atoms with Gasteiger partial charge >= 0.3 is 0 Å². The minimum absolute atomic E-state index is 0.0459. The Kier molecular flexibility index (Phi) is 6.43. The Morgan fingerprint density at radius 3 is 2.52 bits per heavy atom. The lowest BCUT2D eigenvalue weighted by Crippen LogP contribution is -2.47. The predicted molar refractivity (Wildman–Crippen MR) is 103 cm³/mol. The second kappa shape index (κ2) is 9.18. The molecule has 1 fully saturated rings. The highest BCUT2D eigenvalue weighted by molar-refractivity contribution is 5.92. The van der Waals surface area contributed by atoms with Crippen molar-refractivity contribution in [3.63, 3.8) is 0 Å². The van der Waals surface area contributed by atoms with E-state index in [2.05, 4.69) is 25.1 Å². The zero-order valence-electron chi connectivity index (χ0n) is 15.7. The highest BCUT2D eigenvalue weighted by atomic mass is 16.5. The average molecular weight is 371 g/mol. The van der Waals surface area contributed by atoms with Crippen molar-refractivity contribution < 1.29 is 14.3 Å². The molecule has 0 radical (unpaired) electrons. The number of anilines is 2. The van der Waals surface area contributed by atoms with Gasteiger partial charge in [0, 0.05) is 57.6 Å². The highest BCUT2D eigenvalue weighted by Crippen LogP contribution is 2.28. The SMILES string of the molecule is COc1ccc(OC)c(NC(=O)CCN2CCN(c3ncccn3)CC2)c1. The van der Waals surface area contributed by atoms with Gasteiger partial charge in [0.25, 0.3) is 0 Å². The number of nitrogens with one attached hydrogen (secondary N) is 1. The Morgan fingerprint density at radius 2 is 1.85 bits per heavy atom. The van der Waals surface area contributed by atoms with Gasteiger partial charge in [-0.05, 0) is 18.2 Å². The van der Waals surface area contributed by atoms with E-state index in [9.17, 15) is 4.79 Å². The number of benzene rings is 1. The maximum Gasteiger partial charge on any atom is 0.225 e. The molecule has 2 aromatic rings. The Labute approximate surface area is 159 Å². The van der Waals surface area contributed by atoms with Crippen LogP contribution in [0.25, 0.3) is 0 Å². The van der Waals surface area contributed by atoms with Gasteiger partial charge in [0.1, 0.15) is 11.5 Å². The van der Waals surface area contributed by atoms with Crippen LogP contribution in [0.2, 0.25) is 0 Å². The van der Waals surface area contributed by atoms with E-state index in [1.807, 2.05) is 6.07 Å². The van der Waals surface area contributed by atoms with Crippen LogP contribution in [0.5, 0.6) is 11.5 Å². The normalized spacial score (nSPS) is 14.7. The number of rotatable bonds is 7. The van der Waals surface area contributed by atoms with Crippen LogP contribution in [0.3, 0.4) is 0 Å². The highest BCUT2D eigenvalue weighted by Gasteiger charge is 2.19. The van der Waals surface area contributed by atoms with Gasteiger partial charge < -0.3 is 19.7 Å². The van der Waals surface area contributed by atoms with Gasteiger partial charge in [0.05, 0.1) is 19.9 Å². The molecule has 0 aliphatic carbocycles. The zero-order chi connectivity index (χ0) is 19.1. The van der Waals surface area contributed by atoms with Crippen LogP contribution >= 0.6 is 0 Å². The first-order valence-corrected chi connectivity index (χ1v) is 8.96. The number of carbonyl (C=O) groups is 1. The number of piperazine rings is 1. The Balaban J connectivity index is 1.46. The zero-order valence-corrected chi connectivity index (χ0v) is 15.7. The molecule has 3 rings (SSSR count). The number of hydrogen-bond acceptors (Lipinski definition) is 7. The van der Waals surface area contributed by atoms with Gasteiger partial charge in [0.2, 0.25) is 11.9 Å². The Hall–Kier alpha value is -2.87. The minimum Gasteiger partial charge on any atom is -0.497 e. The van der Waals surface area contributed by atoms with Crippen molar-refractivity contribution in [2.45, 2.75) is 6.42 Å². The van der Waals surface area contributed by atoms with Crippen molar-refractivity contribution in [2.75, 3.05) is 57.2 Å². The molecular weight excluding hydrogens is 346 g/mol. The van der Waals surface area contributed by atoms with Crippen molar-refractivity contribution in [3.8, 4) is 11.5 Å². The Morgan fingerprint density at radius 1 is 1.11 bits per heavy atom. The summed E-state index contributed by atoms with van der Waals surface area (Å²) in [5.74, 6) is 2.00. The van der Waals surface area contributed by atoms with E-state index >= 15 is 0 Å². The van der Waals surface area contributed by atoms with Gasteiger partial charge in [-0.1, -0.05) is 0 Å². The molecule has 8 heteroatoms. The fraction of sp³-hybridized carbons (Fsp3) is 0.421. The van der Waals surface area contributed by atoms with E-state index in [-0.39, 0.29) is 5.91 Å². The van der Waals surface area contributed by atoms with Crippen LogP contribution in [0.4, 0.5) is 11.6 Å². The summed E-state index contributed by atoms with van der Waals surface area (Å²) in [5.41, 5.74) is 0.618. The summed E-state index contributed by atoms with van der Waals surface area (Å²) < 4.78 is 10.5. The molecule has 1 aromatic carbocycles. The van der Waals surface area contributed by atoms with Crippen molar-refractivity contribution >= 4 is 17.5 Å². The van der Waals surface area contributed by atoms with Crippen molar-refractivity contribution in [3.05, 3.63) is 36.7 Å². The van der Waals surface area contributed by atoms with Crippen LogP contribution in [0.15, 0.2) is 36.7 Å². The summed E-state index contributed by atoms with van der Waals surface area (Å²) in [5, 5.41) is 2.91. The quantitative estimate of drug-likeness (QED) is 0.793. The largest absolute Gasteiger partial charge is 0.497 e. The van der Waals surface area contributed by atoms with Crippen LogP contribution < -0.4 is 19.7 Å². The molecule has 0 atom stereocenters. The topological polar surface area (TPSA) is 79.8 Å². The number of ether oxygens (including phenoxy) is 2. The number of amides is 1. The smallest absolute Gasteiger partial charge is 0.225 e. The van der Waals surface area contributed by atoms with Crippen molar-refractivity contribution in [2.24, 2.45) is 0 Å². The predicted octanol–water partition coefficient (Wildman–Crippen LogP) is 1.64. The molecule has 1 aliphatic heterocycles. The van der Waals surface area contributed by atoms with Crippen LogP contribution in [-0.4, -0.2) is 67.7 Å². The molecule has 144 valence electrons. The molecule has 1 N–H and O–H groups in total. The van der Waals surface area contributed by atoms with Crippen molar-refractivity contribution in [1.29, 1.82) is 0 Å². The van der Waals surface area contributed by atoms with E-state index in [4.69, 9.17) is 9.47 Å². The first-order chi connectivity index (χ1) is 13.2. The van der Waals surface area contributed by atoms with Crippen LogP contribution in [0, 0.1) is 0 Å². The molecular formula is C19H25N5O3. The summed E-state index contributed by atoms with van der Waals surface area (Å²) in [4.78, 5) is 25.4. The molecule has 1 aromatic heterocycles. The van der Waals surface area contributed by atoms with E-state index in [1.165, 1.54) is 0 Å². The summed E-state index contributed by atoms with van der Waals surface area (Å²) in [6.07, 6.45) is 3.93. The summed E-state index contributed by atoms with van der Waals surface area (Å²) in [6, 6.07) is 7.15. The standard InChI is InChI=1S/C19H25N5O3/c1-26-15-4-5-17(27-2)16(14-15)22-18(25)6-9-23-10-12-24(13-11-23)19-20-7-3-8-21-19/h3-5,7-8,14H,6,9-13H2,1-2H3,(H,22,25). The van der Waals surface area contributed by atoms with E-state index in [1.54, 1.807) is 44.8 Å². The third kappa shape index (κ3) is 5.07. The van der Waals surface area contributed by atoms with Crippen molar-refractivity contribution in [1.82, 2.24) is 14.9 Å². The summed E-state index contributed by atoms with van der Waals surface area (Å²) in [7, 11) is 3.17. The molecule has 8 nitrogen and oxygen atoms in total. The minimum atomic E-state index is -0.0459. The van der Waals surface area contributed by atoms with Crippen LogP contribution in [0.1, 0.15) is 6.42 Å². The first-order valence-electron chi connectivity index (χ1n) is 8.96. The average Bonchev–Trinajstić information content (AvgIpc) is 2.73. The maximum absolute atomic E-state index is 12.3. The van der Waals surface area contributed by atoms with E-state index in [0.29, 0.717) is 30.2 Å². The maximum atomic E-state index is 12.3. The van der Waals surface area contributed by atoms with Gasteiger partial charge in [-0.3, -0.25) is 9.69 Å². The number of hydrogen-bond donors (Lipinski definition) is 1. The van der Waals surface area contributed by atoms with E-state index < -0.39 is 0 Å². The molecule has 2 heterocycles. The monoisotopic (exact) mass is 371 g/mol. The lowest BCUT2D eigenvalue weighted by molar-refractivity contribution is -0.116. The molecule has 0 unspecified atom stereocenters. The molecule has 1 amide bonds. The fourth-order valence-electron chi connectivity index (χ4n) is 3.01. The molecule has 0 saturated carbocycles. The van der Waals surface area contributed by atoms with Gasteiger partial charge in [-0.15, -0.1) is 0 Å². The third-order valence-corrected chi connectivity index (χ3v) is 4.54. The lowest BCUT2D eigenvalue weighted by Gasteiger charge is -2.34. The third-order valence-electron chi connectivity index (χ3n) is 4.54. The fourth-order valence-corrected chi connectivity index (χ4v) is 3.01. The van der Waals surface area contributed by atoms with Gasteiger partial charge in [-0.2, -0.15) is 0 Å². The van der Waals surface area contributed by atoms with Crippen LogP contribution in [-0.2, 0) is 4.79 Å². The van der Waals surface area contributed by atoms with Gasteiger partial charge in [0.15, 0.2) is 0 Å². The first kappa shape index (κ1) is 18.9. The Bertz CT molecular complexity index is 748.